The summed E-state index contributed by atoms with van der Waals surface area (Å²) in [6.45, 7) is 1.35. The normalized spacial score (nSPS) is 14.9. The van der Waals surface area contributed by atoms with Gasteiger partial charge in [-0.05, 0) is 6.92 Å². The molecule has 0 aromatic carbocycles. The molecule has 0 spiro atoms. The number of halogens is 1. The molecule has 0 bridgehead atoms. The zero-order valence-corrected chi connectivity index (χ0v) is 8.49. The average Bonchev–Trinajstić information content (AvgIpc) is 2.17. The molecule has 1 aromatic heterocycles. The lowest BCUT2D eigenvalue weighted by molar-refractivity contribution is 0.0132. The van der Waals surface area contributed by atoms with Crippen molar-refractivity contribution in [2.24, 2.45) is 0 Å². The molecule has 0 aliphatic rings. The highest BCUT2D eigenvalue weighted by atomic mass is 35.5. The maximum Gasteiger partial charge on any atom is 0.148 e. The molecule has 0 amide bonds. The van der Waals surface area contributed by atoms with Gasteiger partial charge in [0.1, 0.15) is 22.8 Å². The van der Waals surface area contributed by atoms with E-state index < -0.39 is 5.60 Å². The van der Waals surface area contributed by atoms with Crippen molar-refractivity contribution in [1.29, 1.82) is 0 Å². The summed E-state index contributed by atoms with van der Waals surface area (Å²) < 4.78 is 0. The molecule has 1 atom stereocenters. The lowest BCUT2D eigenvalue weighted by Gasteiger charge is -2.20. The summed E-state index contributed by atoms with van der Waals surface area (Å²) in [5.41, 5.74) is -1.19. The number of aliphatic hydroxyl groups excluding tert-OH is 1. The van der Waals surface area contributed by atoms with Crippen molar-refractivity contribution in [2.75, 3.05) is 18.5 Å². The highest BCUT2D eigenvalue weighted by molar-refractivity contribution is 6.32. The number of nitrogens with zero attached hydrogens (tertiary/aromatic N) is 2. The molecule has 0 fully saturated rings. The molecule has 1 aromatic rings. The molecule has 0 saturated carbocycles. The van der Waals surface area contributed by atoms with Gasteiger partial charge in [0, 0.05) is 6.54 Å². The van der Waals surface area contributed by atoms with Crippen LogP contribution in [0.2, 0.25) is 5.02 Å². The molecule has 0 aliphatic carbocycles. The van der Waals surface area contributed by atoms with Crippen LogP contribution in [0.5, 0.6) is 0 Å². The van der Waals surface area contributed by atoms with E-state index in [4.69, 9.17) is 16.7 Å². The smallest absolute Gasteiger partial charge is 0.148 e. The Labute approximate surface area is 86.8 Å². The third-order valence-electron chi connectivity index (χ3n) is 1.64. The summed E-state index contributed by atoms with van der Waals surface area (Å²) in [6.07, 6.45) is 2.80. The van der Waals surface area contributed by atoms with Crippen LogP contribution < -0.4 is 5.32 Å². The highest BCUT2D eigenvalue weighted by Crippen LogP contribution is 2.16. The van der Waals surface area contributed by atoms with Gasteiger partial charge in [-0.15, -0.1) is 0 Å². The molecule has 14 heavy (non-hydrogen) atoms. The van der Waals surface area contributed by atoms with Crippen LogP contribution in [0.4, 0.5) is 5.82 Å². The van der Waals surface area contributed by atoms with Crippen molar-refractivity contribution < 1.29 is 10.2 Å². The van der Waals surface area contributed by atoms with Gasteiger partial charge in [0.2, 0.25) is 0 Å². The second kappa shape index (κ2) is 4.54. The fourth-order valence-corrected chi connectivity index (χ4v) is 0.945. The molecule has 78 valence electrons. The van der Waals surface area contributed by atoms with E-state index in [9.17, 15) is 5.11 Å². The Morgan fingerprint density at radius 3 is 2.93 bits per heavy atom. The van der Waals surface area contributed by atoms with Crippen LogP contribution in [0, 0.1) is 0 Å². The summed E-state index contributed by atoms with van der Waals surface area (Å²) in [5, 5.41) is 21.4. The molecule has 1 unspecified atom stereocenters. The number of hydrogen-bond donors (Lipinski definition) is 3. The van der Waals surface area contributed by atoms with Gasteiger partial charge in [-0.2, -0.15) is 0 Å². The average molecular weight is 218 g/mol. The van der Waals surface area contributed by atoms with E-state index in [-0.39, 0.29) is 13.2 Å². The predicted molar refractivity (Wildman–Crippen MR) is 53.2 cm³/mol. The van der Waals surface area contributed by atoms with Crippen LogP contribution in [0.1, 0.15) is 6.92 Å². The number of aromatic nitrogens is 2. The maximum atomic E-state index is 9.48. The summed E-state index contributed by atoms with van der Waals surface area (Å²) in [4.78, 5) is 7.58. The predicted octanol–water partition coefficient (Wildman–Crippen LogP) is 0.285. The van der Waals surface area contributed by atoms with Crippen LogP contribution >= 0.6 is 11.6 Å². The zero-order chi connectivity index (χ0) is 10.6. The van der Waals surface area contributed by atoms with Gasteiger partial charge in [-0.1, -0.05) is 11.6 Å². The van der Waals surface area contributed by atoms with Gasteiger partial charge >= 0.3 is 0 Å². The molecule has 1 heterocycles. The molecule has 0 radical (unpaired) electrons. The maximum absolute atomic E-state index is 9.48. The van der Waals surface area contributed by atoms with Crippen molar-refractivity contribution in [2.45, 2.75) is 12.5 Å². The number of anilines is 1. The van der Waals surface area contributed by atoms with Gasteiger partial charge < -0.3 is 15.5 Å². The number of hydrogen-bond acceptors (Lipinski definition) is 5. The van der Waals surface area contributed by atoms with E-state index in [1.165, 1.54) is 19.4 Å². The molecular weight excluding hydrogens is 206 g/mol. The van der Waals surface area contributed by atoms with Crippen LogP contribution in [-0.2, 0) is 0 Å². The summed E-state index contributed by atoms with van der Waals surface area (Å²) >= 11 is 5.76. The Balaban J connectivity index is 2.58. The first-order chi connectivity index (χ1) is 6.55. The Kier molecular flexibility index (Phi) is 3.62. The Morgan fingerprint density at radius 1 is 1.64 bits per heavy atom. The van der Waals surface area contributed by atoms with Gasteiger partial charge in [-0.3, -0.25) is 0 Å². The Morgan fingerprint density at radius 2 is 2.36 bits per heavy atom. The van der Waals surface area contributed by atoms with E-state index in [1.54, 1.807) is 0 Å². The number of nitrogens with one attached hydrogen (secondary N) is 1. The van der Waals surface area contributed by atoms with Gasteiger partial charge in [0.15, 0.2) is 0 Å². The van der Waals surface area contributed by atoms with Crippen LogP contribution in [0.3, 0.4) is 0 Å². The van der Waals surface area contributed by atoms with E-state index in [1.807, 2.05) is 0 Å². The summed E-state index contributed by atoms with van der Waals surface area (Å²) in [5.74, 6) is 0.440. The minimum absolute atomic E-state index is 0.167. The van der Waals surface area contributed by atoms with Crippen LogP contribution in [0.15, 0.2) is 12.5 Å². The highest BCUT2D eigenvalue weighted by Gasteiger charge is 2.18. The van der Waals surface area contributed by atoms with Crippen molar-refractivity contribution in [3.8, 4) is 0 Å². The molecular formula is C8H12ClN3O2. The lowest BCUT2D eigenvalue weighted by atomic mass is 10.1. The molecule has 1 rings (SSSR count). The van der Waals surface area contributed by atoms with Crippen molar-refractivity contribution in [3.63, 3.8) is 0 Å². The van der Waals surface area contributed by atoms with Gasteiger partial charge in [0.25, 0.3) is 0 Å². The lowest BCUT2D eigenvalue weighted by Crippen LogP contribution is -2.37. The van der Waals surface area contributed by atoms with E-state index in [2.05, 4.69) is 15.3 Å². The van der Waals surface area contributed by atoms with Gasteiger partial charge in [0.05, 0.1) is 12.8 Å². The second-order valence-electron chi connectivity index (χ2n) is 3.23. The minimum atomic E-state index is -1.19. The summed E-state index contributed by atoms with van der Waals surface area (Å²) in [6, 6.07) is 0. The third kappa shape index (κ3) is 3.10. The molecule has 3 N–H and O–H groups in total. The quantitative estimate of drug-likeness (QED) is 0.676. The first-order valence-corrected chi connectivity index (χ1v) is 4.45. The molecule has 0 aliphatic heterocycles. The molecule has 5 nitrogen and oxygen atoms in total. The van der Waals surface area contributed by atoms with Crippen molar-refractivity contribution in [1.82, 2.24) is 9.97 Å². The van der Waals surface area contributed by atoms with Crippen molar-refractivity contribution >= 4 is 17.4 Å². The Hall–Kier alpha value is -0.910. The molecule has 6 heteroatoms. The largest absolute Gasteiger partial charge is 0.393 e. The SMILES string of the molecule is CC(O)(CO)CNc1ncncc1Cl. The van der Waals surface area contributed by atoms with E-state index >= 15 is 0 Å². The van der Waals surface area contributed by atoms with Gasteiger partial charge in [-0.25, -0.2) is 9.97 Å². The Bertz CT molecular complexity index is 306. The number of rotatable bonds is 4. The van der Waals surface area contributed by atoms with Crippen LogP contribution in [0.25, 0.3) is 0 Å². The monoisotopic (exact) mass is 217 g/mol. The minimum Gasteiger partial charge on any atom is -0.393 e. The summed E-state index contributed by atoms with van der Waals surface area (Å²) in [7, 11) is 0. The topological polar surface area (TPSA) is 78.3 Å². The molecule has 0 saturated heterocycles. The first kappa shape index (κ1) is 11.2. The fraction of sp³-hybridized carbons (Fsp3) is 0.500. The van der Waals surface area contributed by atoms with Crippen molar-refractivity contribution in [3.05, 3.63) is 17.5 Å². The standard InChI is InChI=1S/C8H12ClN3O2/c1-8(14,4-13)3-11-7-6(9)2-10-5-12-7/h2,5,13-14H,3-4H2,1H3,(H,10,11,12). The third-order valence-corrected chi connectivity index (χ3v) is 1.92. The van der Waals surface area contributed by atoms with Crippen LogP contribution in [-0.4, -0.2) is 38.9 Å². The second-order valence-corrected chi connectivity index (χ2v) is 3.64. The number of aliphatic hydroxyl groups is 2. The fourth-order valence-electron chi connectivity index (χ4n) is 0.773. The van der Waals surface area contributed by atoms with E-state index in [0.717, 1.165) is 0 Å². The zero-order valence-electron chi connectivity index (χ0n) is 7.74. The van der Waals surface area contributed by atoms with E-state index in [0.29, 0.717) is 10.8 Å². The first-order valence-electron chi connectivity index (χ1n) is 4.08.